The molecule has 0 atom stereocenters. The Labute approximate surface area is 164 Å². The Bertz CT molecular complexity index is 554. The lowest BCUT2D eigenvalue weighted by Crippen LogP contribution is -2.39. The molecule has 0 aromatic heterocycles. The quantitative estimate of drug-likeness (QED) is 0.341. The molecule has 1 amide bonds. The second-order valence-electron chi connectivity index (χ2n) is 5.72. The summed E-state index contributed by atoms with van der Waals surface area (Å²) in [4.78, 5) is 18.2. The summed E-state index contributed by atoms with van der Waals surface area (Å²) in [5.74, 6) is 2.05. The van der Waals surface area contributed by atoms with Crippen LogP contribution in [0, 0.1) is 0 Å². The number of nitrogens with zero attached hydrogens (tertiary/aromatic N) is 2. The van der Waals surface area contributed by atoms with Crippen molar-refractivity contribution >= 4 is 39.6 Å². The fourth-order valence-electron chi connectivity index (χ4n) is 2.25. The van der Waals surface area contributed by atoms with E-state index in [1.807, 2.05) is 43.1 Å². The maximum Gasteiger partial charge on any atom is 0.224 e. The molecule has 0 spiro atoms. The second kappa shape index (κ2) is 13.1. The van der Waals surface area contributed by atoms with Crippen molar-refractivity contribution in [2.24, 2.45) is 4.99 Å². The molecule has 0 aliphatic carbocycles. The molecule has 25 heavy (non-hydrogen) atoms. The molecule has 7 heteroatoms. The number of unbranched alkanes of at least 4 members (excludes halogenated alkanes) is 1. The molecule has 0 aliphatic rings. The van der Waals surface area contributed by atoms with Crippen LogP contribution >= 0.6 is 27.7 Å². The van der Waals surface area contributed by atoms with Crippen LogP contribution in [0.2, 0.25) is 0 Å². The lowest BCUT2D eigenvalue weighted by Gasteiger charge is -2.19. The summed E-state index contributed by atoms with van der Waals surface area (Å²) < 4.78 is 1.03. The third kappa shape index (κ3) is 9.16. The minimum atomic E-state index is 0.110. The first-order valence-electron chi connectivity index (χ1n) is 8.49. The minimum Gasteiger partial charge on any atom is -0.356 e. The van der Waals surface area contributed by atoms with Gasteiger partial charge >= 0.3 is 0 Å². The Hall–Kier alpha value is -1.21. The number of carbonyl (C=O) groups is 1. The van der Waals surface area contributed by atoms with Gasteiger partial charge in [-0.1, -0.05) is 34.1 Å². The number of hydrogen-bond donors (Lipinski definition) is 2. The molecule has 0 aliphatic heterocycles. The van der Waals surface area contributed by atoms with Gasteiger partial charge in [0.15, 0.2) is 5.96 Å². The maximum atomic E-state index is 12.3. The molecule has 0 unspecified atom stereocenters. The van der Waals surface area contributed by atoms with Gasteiger partial charge in [-0.15, -0.1) is 0 Å². The van der Waals surface area contributed by atoms with E-state index in [1.165, 1.54) is 12.2 Å². The number of nitrogens with one attached hydrogen (secondary N) is 2. The Morgan fingerprint density at radius 3 is 2.64 bits per heavy atom. The van der Waals surface area contributed by atoms with Crippen LogP contribution in [0.25, 0.3) is 0 Å². The highest BCUT2D eigenvalue weighted by Gasteiger charge is 2.10. The summed E-state index contributed by atoms with van der Waals surface area (Å²) in [6, 6.07) is 7.97. The summed E-state index contributed by atoms with van der Waals surface area (Å²) in [7, 11) is 3.58. The van der Waals surface area contributed by atoms with Gasteiger partial charge in [0.25, 0.3) is 0 Å². The Balaban J connectivity index is 2.27. The summed E-state index contributed by atoms with van der Waals surface area (Å²) in [5, 5.41) is 6.48. The first kappa shape index (κ1) is 21.8. The van der Waals surface area contributed by atoms with Gasteiger partial charge in [-0.2, -0.15) is 11.8 Å². The summed E-state index contributed by atoms with van der Waals surface area (Å²) in [5.41, 5.74) is 1.11. The average Bonchev–Trinajstić information content (AvgIpc) is 2.61. The van der Waals surface area contributed by atoms with Crippen LogP contribution in [0.3, 0.4) is 0 Å². The van der Waals surface area contributed by atoms with Crippen molar-refractivity contribution in [2.75, 3.05) is 39.2 Å². The normalized spacial score (nSPS) is 11.3. The van der Waals surface area contributed by atoms with Gasteiger partial charge < -0.3 is 15.5 Å². The molecular formula is C18H29BrN4OS. The maximum absolute atomic E-state index is 12.3. The van der Waals surface area contributed by atoms with E-state index in [0.717, 1.165) is 29.0 Å². The van der Waals surface area contributed by atoms with E-state index in [1.54, 1.807) is 11.9 Å². The van der Waals surface area contributed by atoms with E-state index in [9.17, 15) is 4.79 Å². The highest BCUT2D eigenvalue weighted by molar-refractivity contribution is 9.10. The van der Waals surface area contributed by atoms with Crippen molar-refractivity contribution in [1.29, 1.82) is 0 Å². The molecule has 140 valence electrons. The molecule has 0 saturated heterocycles. The minimum absolute atomic E-state index is 0.110. The average molecular weight is 429 g/mol. The molecule has 0 bridgehead atoms. The standard InChI is InChI=1S/C18H29BrN4OS/c1-20-18(21-11-6-7-13-25-3)22-12-10-17(24)23(2)14-15-8-4-5-9-16(15)19/h4-5,8-9H,6-7,10-14H2,1-3H3,(H2,20,21,22). The Morgan fingerprint density at radius 2 is 1.96 bits per heavy atom. The fourth-order valence-corrected chi connectivity index (χ4v) is 3.15. The van der Waals surface area contributed by atoms with Gasteiger partial charge in [0.2, 0.25) is 5.91 Å². The third-order valence-electron chi connectivity index (χ3n) is 3.71. The summed E-state index contributed by atoms with van der Waals surface area (Å²) in [6.07, 6.45) is 4.88. The molecule has 0 heterocycles. The lowest BCUT2D eigenvalue weighted by molar-refractivity contribution is -0.130. The van der Waals surface area contributed by atoms with Crippen molar-refractivity contribution < 1.29 is 4.79 Å². The lowest BCUT2D eigenvalue weighted by atomic mass is 10.2. The van der Waals surface area contributed by atoms with Crippen molar-refractivity contribution in [3.05, 3.63) is 34.3 Å². The molecule has 0 fully saturated rings. The number of amides is 1. The van der Waals surface area contributed by atoms with E-state index in [4.69, 9.17) is 0 Å². The molecule has 1 rings (SSSR count). The number of guanidine groups is 1. The van der Waals surface area contributed by atoms with Gasteiger partial charge in [-0.25, -0.2) is 0 Å². The summed E-state index contributed by atoms with van der Waals surface area (Å²) in [6.45, 7) is 2.07. The number of benzene rings is 1. The third-order valence-corrected chi connectivity index (χ3v) is 5.18. The zero-order chi connectivity index (χ0) is 18.5. The van der Waals surface area contributed by atoms with E-state index < -0.39 is 0 Å². The van der Waals surface area contributed by atoms with Crippen molar-refractivity contribution in [3.63, 3.8) is 0 Å². The smallest absolute Gasteiger partial charge is 0.224 e. The van der Waals surface area contributed by atoms with E-state index in [0.29, 0.717) is 19.5 Å². The monoisotopic (exact) mass is 428 g/mol. The molecule has 0 saturated carbocycles. The van der Waals surface area contributed by atoms with Crippen LogP contribution in [-0.2, 0) is 11.3 Å². The fraction of sp³-hybridized carbons (Fsp3) is 0.556. The van der Waals surface area contributed by atoms with Gasteiger partial charge in [-0.05, 0) is 36.5 Å². The van der Waals surface area contributed by atoms with Gasteiger partial charge in [-0.3, -0.25) is 9.79 Å². The number of carbonyl (C=O) groups excluding carboxylic acids is 1. The van der Waals surface area contributed by atoms with Crippen LogP contribution in [0.1, 0.15) is 24.8 Å². The number of aliphatic imine (C=N–C) groups is 1. The number of rotatable bonds is 10. The van der Waals surface area contributed by atoms with Crippen LogP contribution in [0.5, 0.6) is 0 Å². The molecular weight excluding hydrogens is 400 g/mol. The summed E-state index contributed by atoms with van der Waals surface area (Å²) >= 11 is 5.39. The van der Waals surface area contributed by atoms with Crippen molar-refractivity contribution in [3.8, 4) is 0 Å². The second-order valence-corrected chi connectivity index (χ2v) is 7.56. The zero-order valence-corrected chi connectivity index (χ0v) is 17.8. The number of hydrogen-bond acceptors (Lipinski definition) is 3. The Morgan fingerprint density at radius 1 is 1.24 bits per heavy atom. The predicted octanol–water partition coefficient (Wildman–Crippen LogP) is 3.11. The zero-order valence-electron chi connectivity index (χ0n) is 15.3. The van der Waals surface area contributed by atoms with Gasteiger partial charge in [0.05, 0.1) is 0 Å². The van der Waals surface area contributed by atoms with Crippen LogP contribution < -0.4 is 10.6 Å². The largest absolute Gasteiger partial charge is 0.356 e. The SMILES string of the molecule is CN=C(NCCCCSC)NCCC(=O)N(C)Cc1ccccc1Br. The molecule has 0 radical (unpaired) electrons. The van der Waals surface area contributed by atoms with E-state index in [2.05, 4.69) is 37.8 Å². The van der Waals surface area contributed by atoms with E-state index >= 15 is 0 Å². The molecule has 2 N–H and O–H groups in total. The number of halogens is 1. The van der Waals surface area contributed by atoms with Crippen LogP contribution in [0.15, 0.2) is 33.7 Å². The predicted molar refractivity (Wildman–Crippen MR) is 112 cm³/mol. The highest BCUT2D eigenvalue weighted by Crippen LogP contribution is 2.17. The van der Waals surface area contributed by atoms with Crippen LogP contribution in [0.4, 0.5) is 0 Å². The first-order chi connectivity index (χ1) is 12.1. The topological polar surface area (TPSA) is 56.7 Å². The highest BCUT2D eigenvalue weighted by atomic mass is 79.9. The number of thioether (sulfide) groups is 1. The van der Waals surface area contributed by atoms with Gasteiger partial charge in [0.1, 0.15) is 0 Å². The van der Waals surface area contributed by atoms with Crippen molar-refractivity contribution in [1.82, 2.24) is 15.5 Å². The van der Waals surface area contributed by atoms with Crippen molar-refractivity contribution in [2.45, 2.75) is 25.8 Å². The molecule has 5 nitrogen and oxygen atoms in total. The molecule has 1 aromatic carbocycles. The van der Waals surface area contributed by atoms with Crippen LogP contribution in [-0.4, -0.2) is 56.0 Å². The Kier molecular flexibility index (Phi) is 11.4. The first-order valence-corrected chi connectivity index (χ1v) is 10.7. The van der Waals surface area contributed by atoms with E-state index in [-0.39, 0.29) is 5.91 Å². The molecule has 1 aromatic rings. The van der Waals surface area contributed by atoms with Gasteiger partial charge in [0, 0.05) is 44.6 Å².